The van der Waals surface area contributed by atoms with Crippen molar-refractivity contribution in [3.05, 3.63) is 58.1 Å². The normalized spacial score (nSPS) is 20.0. The molecule has 6 nitrogen and oxygen atoms in total. The Labute approximate surface area is 207 Å². The molecule has 2 aromatic carbocycles. The molecule has 0 saturated heterocycles. The van der Waals surface area contributed by atoms with Gasteiger partial charge >= 0.3 is 0 Å². The second kappa shape index (κ2) is 11.9. The summed E-state index contributed by atoms with van der Waals surface area (Å²) in [5.41, 5.74) is 1.93. The van der Waals surface area contributed by atoms with Crippen LogP contribution in [0.4, 0.5) is 0 Å². The third-order valence-electron chi connectivity index (χ3n) is 6.44. The molecule has 1 saturated carbocycles. The highest BCUT2D eigenvalue weighted by atomic mass is 35.5. The van der Waals surface area contributed by atoms with Crippen LogP contribution < -0.4 is 14.8 Å². The molecule has 1 fully saturated rings. The van der Waals surface area contributed by atoms with Crippen molar-refractivity contribution >= 4 is 17.5 Å². The van der Waals surface area contributed by atoms with E-state index in [0.717, 1.165) is 25.7 Å². The maximum atomic E-state index is 13.0. The van der Waals surface area contributed by atoms with Crippen molar-refractivity contribution < 1.29 is 24.5 Å². The van der Waals surface area contributed by atoms with E-state index >= 15 is 0 Å². The van der Waals surface area contributed by atoms with Crippen molar-refractivity contribution in [3.8, 4) is 11.5 Å². The minimum atomic E-state index is -0.957. The highest BCUT2D eigenvalue weighted by Gasteiger charge is 2.26. The van der Waals surface area contributed by atoms with Crippen LogP contribution in [0, 0.1) is 5.92 Å². The van der Waals surface area contributed by atoms with Crippen molar-refractivity contribution in [3.63, 3.8) is 0 Å². The van der Waals surface area contributed by atoms with Gasteiger partial charge in [0.1, 0.15) is 6.10 Å². The minimum Gasteiger partial charge on any atom is -0.493 e. The van der Waals surface area contributed by atoms with E-state index in [1.165, 1.54) is 0 Å². The molecular weight excluding hydrogens is 454 g/mol. The van der Waals surface area contributed by atoms with E-state index in [0.29, 0.717) is 39.1 Å². The first-order valence-corrected chi connectivity index (χ1v) is 12.3. The van der Waals surface area contributed by atoms with Crippen LogP contribution in [0.15, 0.2) is 36.4 Å². The average molecular weight is 490 g/mol. The summed E-state index contributed by atoms with van der Waals surface area (Å²) in [7, 11) is 1.56. The Morgan fingerprint density at radius 3 is 2.26 bits per heavy atom. The Bertz CT molecular complexity index is 952. The first-order valence-electron chi connectivity index (χ1n) is 12.0. The Morgan fingerprint density at radius 1 is 1.06 bits per heavy atom. The summed E-state index contributed by atoms with van der Waals surface area (Å²) in [5.74, 6) is 1.22. The minimum absolute atomic E-state index is 0.0830. The SMILES string of the molecule is COc1cc(CC(=O)N[C@H]2CC[C@H](C(C)O)CC2)c(C(O)c2ccc(Cl)cc2)cc1OC(C)C. The summed E-state index contributed by atoms with van der Waals surface area (Å²) < 4.78 is 11.4. The molecule has 3 N–H and O–H groups in total. The molecule has 0 radical (unpaired) electrons. The lowest BCUT2D eigenvalue weighted by Gasteiger charge is -2.30. The van der Waals surface area contributed by atoms with Gasteiger partial charge in [0.25, 0.3) is 0 Å². The van der Waals surface area contributed by atoms with Gasteiger partial charge in [0.15, 0.2) is 11.5 Å². The topological polar surface area (TPSA) is 88.0 Å². The van der Waals surface area contributed by atoms with Gasteiger partial charge in [0.05, 0.1) is 25.7 Å². The van der Waals surface area contributed by atoms with E-state index in [4.69, 9.17) is 21.1 Å². The summed E-state index contributed by atoms with van der Waals surface area (Å²) in [6.07, 6.45) is 2.26. The first kappa shape index (κ1) is 26.3. The molecule has 0 spiro atoms. The van der Waals surface area contributed by atoms with Crippen LogP contribution in [0.5, 0.6) is 11.5 Å². The van der Waals surface area contributed by atoms with Gasteiger partial charge in [-0.2, -0.15) is 0 Å². The Hall–Kier alpha value is -2.28. The largest absolute Gasteiger partial charge is 0.493 e. The van der Waals surface area contributed by atoms with E-state index in [1.807, 2.05) is 20.8 Å². The maximum absolute atomic E-state index is 13.0. The van der Waals surface area contributed by atoms with E-state index in [-0.39, 0.29) is 30.6 Å². The van der Waals surface area contributed by atoms with Crippen LogP contribution in [0.25, 0.3) is 0 Å². The molecular formula is C27H36ClNO5. The van der Waals surface area contributed by atoms with Gasteiger partial charge in [0.2, 0.25) is 5.91 Å². The number of carbonyl (C=O) groups excluding carboxylic acids is 1. The lowest BCUT2D eigenvalue weighted by atomic mass is 9.83. The molecule has 2 aromatic rings. The second-order valence-corrected chi connectivity index (χ2v) is 9.86. The standard InChI is InChI=1S/C27H36ClNO5/c1-16(2)34-25-15-23(27(32)19-5-9-21(28)10-6-19)20(13-24(25)33-4)14-26(31)29-22-11-7-18(8-12-22)17(3)30/h5-6,9-10,13,15-18,22,27,30,32H,7-8,11-12,14H2,1-4H3,(H,29,31)/t17?,18-,22-,27?. The van der Waals surface area contributed by atoms with Crippen molar-refractivity contribution in [1.29, 1.82) is 0 Å². The molecule has 2 unspecified atom stereocenters. The van der Waals surface area contributed by atoms with Gasteiger partial charge in [-0.25, -0.2) is 0 Å². The molecule has 0 bridgehead atoms. The zero-order valence-electron chi connectivity index (χ0n) is 20.4. The van der Waals surface area contributed by atoms with Gasteiger partial charge in [-0.3, -0.25) is 4.79 Å². The number of amides is 1. The smallest absolute Gasteiger partial charge is 0.224 e. The molecule has 1 aliphatic carbocycles. The lowest BCUT2D eigenvalue weighted by molar-refractivity contribution is -0.121. The number of hydrogen-bond acceptors (Lipinski definition) is 5. The number of aliphatic hydroxyl groups is 2. The lowest BCUT2D eigenvalue weighted by Crippen LogP contribution is -2.39. The number of carbonyl (C=O) groups is 1. The Kier molecular flexibility index (Phi) is 9.23. The van der Waals surface area contributed by atoms with Crippen molar-refractivity contribution in [2.45, 2.75) is 77.2 Å². The number of ether oxygens (including phenoxy) is 2. The molecule has 0 aromatic heterocycles. The average Bonchev–Trinajstić information content (AvgIpc) is 2.79. The summed E-state index contributed by atoms with van der Waals surface area (Å²) in [5, 5.41) is 24.7. The van der Waals surface area contributed by atoms with Crippen molar-refractivity contribution in [2.24, 2.45) is 5.92 Å². The number of nitrogens with one attached hydrogen (secondary N) is 1. The number of halogens is 1. The number of methoxy groups -OCH3 is 1. The number of aliphatic hydroxyl groups excluding tert-OH is 2. The summed E-state index contributed by atoms with van der Waals surface area (Å²) in [6, 6.07) is 10.6. The highest BCUT2D eigenvalue weighted by molar-refractivity contribution is 6.30. The maximum Gasteiger partial charge on any atom is 0.224 e. The molecule has 3 rings (SSSR count). The molecule has 1 aliphatic rings. The fourth-order valence-electron chi connectivity index (χ4n) is 4.55. The molecule has 0 heterocycles. The predicted molar refractivity (Wildman–Crippen MR) is 134 cm³/mol. The van der Waals surface area contributed by atoms with Crippen molar-refractivity contribution in [2.75, 3.05) is 7.11 Å². The number of rotatable bonds is 9. The highest BCUT2D eigenvalue weighted by Crippen LogP contribution is 2.37. The molecule has 186 valence electrons. The molecule has 7 heteroatoms. The summed E-state index contributed by atoms with van der Waals surface area (Å²) in [6.45, 7) is 5.67. The predicted octanol–water partition coefficient (Wildman–Crippen LogP) is 4.82. The number of hydrogen-bond donors (Lipinski definition) is 3. The van der Waals surface area contributed by atoms with Crippen LogP contribution in [0.2, 0.25) is 5.02 Å². The van der Waals surface area contributed by atoms with E-state index in [1.54, 1.807) is 43.5 Å². The summed E-state index contributed by atoms with van der Waals surface area (Å²) in [4.78, 5) is 13.0. The van der Waals surface area contributed by atoms with Crippen LogP contribution in [-0.4, -0.2) is 41.5 Å². The van der Waals surface area contributed by atoms with Crippen LogP contribution in [-0.2, 0) is 11.2 Å². The van der Waals surface area contributed by atoms with Gasteiger partial charge in [0, 0.05) is 11.1 Å². The fraction of sp³-hybridized carbons (Fsp3) is 0.519. The molecule has 34 heavy (non-hydrogen) atoms. The van der Waals surface area contributed by atoms with Gasteiger partial charge < -0.3 is 25.0 Å². The second-order valence-electron chi connectivity index (χ2n) is 9.42. The van der Waals surface area contributed by atoms with Crippen LogP contribution >= 0.6 is 11.6 Å². The van der Waals surface area contributed by atoms with E-state index in [2.05, 4.69) is 5.32 Å². The van der Waals surface area contributed by atoms with E-state index < -0.39 is 6.10 Å². The Morgan fingerprint density at radius 2 is 1.71 bits per heavy atom. The third-order valence-corrected chi connectivity index (χ3v) is 6.69. The van der Waals surface area contributed by atoms with E-state index in [9.17, 15) is 15.0 Å². The first-order chi connectivity index (χ1) is 16.2. The number of benzene rings is 2. The zero-order chi connectivity index (χ0) is 24.8. The van der Waals surface area contributed by atoms with Gasteiger partial charge in [-0.05, 0) is 93.3 Å². The zero-order valence-corrected chi connectivity index (χ0v) is 21.1. The molecule has 2 atom stereocenters. The monoisotopic (exact) mass is 489 g/mol. The quantitative estimate of drug-likeness (QED) is 0.470. The van der Waals surface area contributed by atoms with Crippen LogP contribution in [0.1, 0.15) is 69.2 Å². The summed E-state index contributed by atoms with van der Waals surface area (Å²) >= 11 is 6.02. The Balaban J connectivity index is 1.84. The van der Waals surface area contributed by atoms with Crippen molar-refractivity contribution in [1.82, 2.24) is 5.32 Å². The van der Waals surface area contributed by atoms with Gasteiger partial charge in [-0.1, -0.05) is 23.7 Å². The fourth-order valence-corrected chi connectivity index (χ4v) is 4.68. The molecule has 1 amide bonds. The van der Waals surface area contributed by atoms with Gasteiger partial charge in [-0.15, -0.1) is 0 Å². The molecule has 0 aliphatic heterocycles. The van der Waals surface area contributed by atoms with Crippen LogP contribution in [0.3, 0.4) is 0 Å². The third kappa shape index (κ3) is 6.87.